The maximum Gasteiger partial charge on any atom is 0.306 e. The second-order valence-electron chi connectivity index (χ2n) is 9.36. The number of carbonyl (C=O) groups is 3. The van der Waals surface area contributed by atoms with Gasteiger partial charge in [0.1, 0.15) is 5.82 Å². The van der Waals surface area contributed by atoms with Gasteiger partial charge in [-0.2, -0.15) is 0 Å². The minimum atomic E-state index is -0.740. The van der Waals surface area contributed by atoms with Crippen LogP contribution in [0.4, 0.5) is 4.39 Å². The van der Waals surface area contributed by atoms with Crippen molar-refractivity contribution in [3.63, 3.8) is 0 Å². The van der Waals surface area contributed by atoms with Gasteiger partial charge in [-0.15, -0.1) is 0 Å². The van der Waals surface area contributed by atoms with E-state index in [0.717, 1.165) is 43.9 Å². The SMILES string of the molecule is O=C(O)C1CCCCC1CN1CCc2ccccc2C1CN1C(=O)c2ccc(F)cc2C1=O. The Hall–Kier alpha value is -3.06. The average Bonchev–Trinajstić information content (AvgIpc) is 3.04. The van der Waals surface area contributed by atoms with Crippen molar-refractivity contribution in [3.8, 4) is 0 Å². The van der Waals surface area contributed by atoms with Crippen LogP contribution in [0.1, 0.15) is 63.6 Å². The summed E-state index contributed by atoms with van der Waals surface area (Å²) in [6, 6.07) is 11.5. The fourth-order valence-electron chi connectivity index (χ4n) is 5.79. The van der Waals surface area contributed by atoms with Gasteiger partial charge in [0.2, 0.25) is 0 Å². The van der Waals surface area contributed by atoms with Gasteiger partial charge in [-0.05, 0) is 54.5 Å². The summed E-state index contributed by atoms with van der Waals surface area (Å²) in [6.45, 7) is 1.52. The topological polar surface area (TPSA) is 77.9 Å². The van der Waals surface area contributed by atoms with Crippen molar-refractivity contribution < 1.29 is 23.9 Å². The number of nitrogens with zero attached hydrogens (tertiary/aromatic N) is 2. The Morgan fingerprint density at radius 1 is 1.00 bits per heavy atom. The van der Waals surface area contributed by atoms with E-state index in [-0.39, 0.29) is 35.5 Å². The predicted molar refractivity (Wildman–Crippen MR) is 119 cm³/mol. The molecule has 3 unspecified atom stereocenters. The number of hydrogen-bond donors (Lipinski definition) is 1. The number of carbonyl (C=O) groups excluding carboxylic acids is 2. The number of rotatable bonds is 5. The fourth-order valence-corrected chi connectivity index (χ4v) is 5.79. The van der Waals surface area contributed by atoms with Crippen LogP contribution in [0.25, 0.3) is 0 Å². The number of hydrogen-bond acceptors (Lipinski definition) is 4. The van der Waals surface area contributed by atoms with Crippen molar-refractivity contribution in [3.05, 3.63) is 70.5 Å². The van der Waals surface area contributed by atoms with Crippen molar-refractivity contribution in [2.24, 2.45) is 11.8 Å². The number of amides is 2. The molecule has 0 spiro atoms. The largest absolute Gasteiger partial charge is 0.481 e. The lowest BCUT2D eigenvalue weighted by molar-refractivity contribution is -0.145. The molecule has 7 heteroatoms. The normalized spacial score (nSPS) is 25.1. The zero-order valence-electron chi connectivity index (χ0n) is 18.4. The summed E-state index contributed by atoms with van der Waals surface area (Å²) < 4.78 is 13.7. The van der Waals surface area contributed by atoms with Crippen molar-refractivity contribution in [1.29, 1.82) is 0 Å². The van der Waals surface area contributed by atoms with Gasteiger partial charge < -0.3 is 5.11 Å². The molecule has 0 radical (unpaired) electrons. The molecule has 1 saturated carbocycles. The third-order valence-corrected chi connectivity index (χ3v) is 7.51. The third kappa shape index (κ3) is 3.95. The molecule has 2 aromatic rings. The number of benzene rings is 2. The van der Waals surface area contributed by atoms with Crippen LogP contribution in [0.5, 0.6) is 0 Å². The van der Waals surface area contributed by atoms with E-state index < -0.39 is 23.6 Å². The summed E-state index contributed by atoms with van der Waals surface area (Å²) >= 11 is 0. The van der Waals surface area contributed by atoms with Crippen LogP contribution >= 0.6 is 0 Å². The lowest BCUT2D eigenvalue weighted by atomic mass is 9.78. The molecule has 2 aliphatic heterocycles. The Bertz CT molecular complexity index is 1120. The number of carboxylic acid groups (broad SMARTS) is 1. The quantitative estimate of drug-likeness (QED) is 0.699. The summed E-state index contributed by atoms with van der Waals surface area (Å²) in [5.74, 6) is -2.48. The van der Waals surface area contributed by atoms with Gasteiger partial charge in [0.15, 0.2) is 0 Å². The van der Waals surface area contributed by atoms with Gasteiger partial charge in [0, 0.05) is 19.6 Å². The number of halogens is 1. The van der Waals surface area contributed by atoms with Crippen molar-refractivity contribution in [2.75, 3.05) is 19.6 Å². The number of carboxylic acids is 1. The molecule has 1 aliphatic carbocycles. The molecule has 172 valence electrons. The van der Waals surface area contributed by atoms with Gasteiger partial charge in [-0.3, -0.25) is 24.2 Å². The molecular formula is C26H27FN2O4. The van der Waals surface area contributed by atoms with Crippen LogP contribution < -0.4 is 0 Å². The second kappa shape index (κ2) is 8.71. The van der Waals surface area contributed by atoms with E-state index in [1.165, 1.54) is 22.6 Å². The van der Waals surface area contributed by atoms with Gasteiger partial charge in [0.05, 0.1) is 23.1 Å². The standard InChI is InChI=1S/C26H27FN2O4/c27-18-9-10-21-22(13-18)25(31)29(24(21)30)15-23-19-7-3-1-5-16(19)11-12-28(23)14-17-6-2-4-8-20(17)26(32)33/h1,3,5,7,9-10,13,17,20,23H,2,4,6,8,11-12,14-15H2,(H,32,33). The maximum absolute atomic E-state index is 13.7. The van der Waals surface area contributed by atoms with E-state index >= 15 is 0 Å². The van der Waals surface area contributed by atoms with Crippen LogP contribution in [0.15, 0.2) is 42.5 Å². The lowest BCUT2D eigenvalue weighted by Crippen LogP contribution is -2.47. The first-order valence-corrected chi connectivity index (χ1v) is 11.6. The fraction of sp³-hybridized carbons (Fsp3) is 0.423. The van der Waals surface area contributed by atoms with E-state index in [1.807, 2.05) is 18.2 Å². The molecule has 3 atom stereocenters. The van der Waals surface area contributed by atoms with Crippen molar-refractivity contribution in [1.82, 2.24) is 9.80 Å². The number of fused-ring (bicyclic) bond motifs is 2. The van der Waals surface area contributed by atoms with E-state index in [2.05, 4.69) is 11.0 Å². The molecule has 2 heterocycles. The molecule has 3 aliphatic rings. The Kier molecular flexibility index (Phi) is 5.74. The minimum absolute atomic E-state index is 0.0419. The molecule has 0 saturated heterocycles. The first-order valence-electron chi connectivity index (χ1n) is 11.6. The lowest BCUT2D eigenvalue weighted by Gasteiger charge is -2.42. The van der Waals surface area contributed by atoms with Crippen LogP contribution in [-0.4, -0.2) is 52.3 Å². The molecular weight excluding hydrogens is 423 g/mol. The van der Waals surface area contributed by atoms with Gasteiger partial charge in [-0.25, -0.2) is 4.39 Å². The molecule has 33 heavy (non-hydrogen) atoms. The van der Waals surface area contributed by atoms with Crippen LogP contribution in [0, 0.1) is 17.7 Å². The molecule has 1 N–H and O–H groups in total. The molecule has 2 amide bonds. The summed E-state index contributed by atoms with van der Waals surface area (Å²) in [4.78, 5) is 41.4. The molecule has 0 bridgehead atoms. The first-order chi connectivity index (χ1) is 15.9. The van der Waals surface area contributed by atoms with Crippen molar-refractivity contribution in [2.45, 2.75) is 38.1 Å². The van der Waals surface area contributed by atoms with E-state index in [0.29, 0.717) is 13.0 Å². The monoisotopic (exact) mass is 450 g/mol. The minimum Gasteiger partial charge on any atom is -0.481 e. The van der Waals surface area contributed by atoms with Gasteiger partial charge in [-0.1, -0.05) is 37.1 Å². The highest BCUT2D eigenvalue weighted by Gasteiger charge is 2.41. The van der Waals surface area contributed by atoms with Crippen LogP contribution in [0.2, 0.25) is 0 Å². The summed E-state index contributed by atoms with van der Waals surface area (Å²) in [5, 5.41) is 9.74. The summed E-state index contributed by atoms with van der Waals surface area (Å²) in [7, 11) is 0. The molecule has 1 fully saturated rings. The highest BCUT2D eigenvalue weighted by molar-refractivity contribution is 6.21. The zero-order chi connectivity index (χ0) is 23.1. The molecule has 2 aromatic carbocycles. The first kappa shape index (κ1) is 21.8. The van der Waals surface area contributed by atoms with Crippen LogP contribution in [0.3, 0.4) is 0 Å². The summed E-state index contributed by atoms with van der Waals surface area (Å²) in [6.07, 6.45) is 4.36. The van der Waals surface area contributed by atoms with Gasteiger partial charge >= 0.3 is 5.97 Å². The number of aliphatic carboxylic acids is 1. The number of imide groups is 1. The Morgan fingerprint density at radius 2 is 1.76 bits per heavy atom. The molecule has 0 aromatic heterocycles. The van der Waals surface area contributed by atoms with E-state index in [4.69, 9.17) is 0 Å². The maximum atomic E-state index is 13.7. The third-order valence-electron chi connectivity index (χ3n) is 7.51. The Balaban J connectivity index is 1.44. The highest BCUT2D eigenvalue weighted by atomic mass is 19.1. The van der Waals surface area contributed by atoms with Crippen LogP contribution in [-0.2, 0) is 11.2 Å². The Morgan fingerprint density at radius 3 is 2.58 bits per heavy atom. The van der Waals surface area contributed by atoms with Crippen molar-refractivity contribution >= 4 is 17.8 Å². The Labute approximate surface area is 192 Å². The molecule has 6 nitrogen and oxygen atoms in total. The average molecular weight is 451 g/mol. The zero-order valence-corrected chi connectivity index (χ0v) is 18.4. The van der Waals surface area contributed by atoms with Gasteiger partial charge in [0.25, 0.3) is 11.8 Å². The summed E-state index contributed by atoms with van der Waals surface area (Å²) in [5.41, 5.74) is 2.58. The van der Waals surface area contributed by atoms with E-state index in [1.54, 1.807) is 0 Å². The van der Waals surface area contributed by atoms with E-state index in [9.17, 15) is 23.9 Å². The molecule has 5 rings (SSSR count). The highest BCUT2D eigenvalue weighted by Crippen LogP contribution is 2.37. The smallest absolute Gasteiger partial charge is 0.306 e. The predicted octanol–water partition coefficient (Wildman–Crippen LogP) is 3.91. The second-order valence-corrected chi connectivity index (χ2v) is 9.36.